The third kappa shape index (κ3) is 5.28. The first-order valence-electron chi connectivity index (χ1n) is 10.9. The van der Waals surface area contributed by atoms with Crippen molar-refractivity contribution in [2.75, 3.05) is 12.0 Å². The number of aromatic amines is 1. The molecule has 2 heterocycles. The Balaban J connectivity index is 1.65. The van der Waals surface area contributed by atoms with Gasteiger partial charge in [-0.25, -0.2) is 10.2 Å². The van der Waals surface area contributed by atoms with E-state index in [4.69, 9.17) is 16.3 Å². The van der Waals surface area contributed by atoms with E-state index in [1.54, 1.807) is 19.1 Å². The Morgan fingerprint density at radius 1 is 1.23 bits per heavy atom. The van der Waals surface area contributed by atoms with Gasteiger partial charge in [0.05, 0.1) is 12.3 Å². The Bertz CT molecular complexity index is 1500. The van der Waals surface area contributed by atoms with Crippen LogP contribution in [-0.2, 0) is 13.6 Å². The van der Waals surface area contributed by atoms with Crippen LogP contribution in [0, 0.1) is 6.92 Å². The van der Waals surface area contributed by atoms with Crippen LogP contribution in [0.15, 0.2) is 63.2 Å². The fourth-order valence-electron chi connectivity index (χ4n) is 3.55. The molecule has 0 aliphatic heterocycles. The number of hydrogen-bond acceptors (Lipinski definition) is 7. The van der Waals surface area contributed by atoms with Gasteiger partial charge in [-0.05, 0) is 43.2 Å². The van der Waals surface area contributed by atoms with Gasteiger partial charge in [-0.15, -0.1) is 0 Å². The molecule has 4 aromatic rings. The summed E-state index contributed by atoms with van der Waals surface area (Å²) in [4.78, 5) is 31.4. The van der Waals surface area contributed by atoms with Gasteiger partial charge in [-0.1, -0.05) is 41.9 Å². The molecule has 3 N–H and O–H groups in total. The van der Waals surface area contributed by atoms with Crippen molar-refractivity contribution >= 4 is 34.4 Å². The number of fused-ring (bicyclic) bond motifs is 1. The molecule has 0 radical (unpaired) electrons. The van der Waals surface area contributed by atoms with E-state index >= 15 is 0 Å². The van der Waals surface area contributed by atoms with Gasteiger partial charge in [0, 0.05) is 12.1 Å². The minimum Gasteiger partial charge on any atom is -0.491 e. The minimum absolute atomic E-state index is 0.0132. The van der Waals surface area contributed by atoms with Crippen molar-refractivity contribution in [2.24, 2.45) is 12.1 Å². The number of halogens is 1. The molecule has 0 saturated heterocycles. The van der Waals surface area contributed by atoms with Crippen LogP contribution in [0.1, 0.15) is 18.1 Å². The first-order valence-corrected chi connectivity index (χ1v) is 11.2. The molecule has 0 aliphatic rings. The molecule has 0 amide bonds. The van der Waals surface area contributed by atoms with Gasteiger partial charge < -0.3 is 14.4 Å². The molecule has 2 aromatic heterocycles. The van der Waals surface area contributed by atoms with Crippen molar-refractivity contribution in [3.63, 3.8) is 0 Å². The number of rotatable bonds is 8. The van der Waals surface area contributed by atoms with Crippen molar-refractivity contribution < 1.29 is 9.84 Å². The molecule has 0 bridgehead atoms. The van der Waals surface area contributed by atoms with E-state index in [-0.39, 0.29) is 30.3 Å². The summed E-state index contributed by atoms with van der Waals surface area (Å²) in [6.07, 6.45) is -0.981. The van der Waals surface area contributed by atoms with Gasteiger partial charge in [-0.2, -0.15) is 10.1 Å². The zero-order chi connectivity index (χ0) is 25.1. The summed E-state index contributed by atoms with van der Waals surface area (Å²) < 4.78 is 8.47. The number of anilines is 1. The molecular weight excluding hydrogens is 472 g/mol. The summed E-state index contributed by atoms with van der Waals surface area (Å²) in [6, 6.07) is 14.6. The summed E-state index contributed by atoms with van der Waals surface area (Å²) in [6.45, 7) is 3.67. The Labute approximate surface area is 205 Å². The van der Waals surface area contributed by atoms with Gasteiger partial charge in [0.2, 0.25) is 5.95 Å². The van der Waals surface area contributed by atoms with Crippen LogP contribution >= 0.6 is 11.6 Å². The quantitative estimate of drug-likeness (QED) is 0.254. The number of imidazole rings is 1. The van der Waals surface area contributed by atoms with Gasteiger partial charge in [0.15, 0.2) is 11.2 Å². The fraction of sp³-hybridized carbons (Fsp3) is 0.250. The molecule has 0 unspecified atom stereocenters. The normalized spacial score (nSPS) is 12.7. The number of aliphatic hydroxyl groups is 1. The van der Waals surface area contributed by atoms with E-state index in [1.807, 2.05) is 43.3 Å². The molecule has 0 aliphatic carbocycles. The number of para-hydroxylation sites is 1. The zero-order valence-corrected chi connectivity index (χ0v) is 20.2. The highest BCUT2D eigenvalue weighted by Crippen LogP contribution is 2.19. The molecule has 0 spiro atoms. The molecule has 1 atom stereocenters. The monoisotopic (exact) mass is 496 g/mol. The molecule has 35 heavy (non-hydrogen) atoms. The van der Waals surface area contributed by atoms with Crippen molar-refractivity contribution in [1.82, 2.24) is 19.1 Å². The standard InChI is InChI=1S/C24H25ClN6O4/c1-14-6-4-5-7-19(14)35-13-18(32)12-31-20-21(30(3)24(34)27-22(20)33)26-23(31)29-28-15(2)16-8-10-17(25)11-9-16/h4-11,18,32H,12-13H2,1-3H3,(H,26,29)(H,27,33,34)/b28-15+/t18-/m1/s1. The molecule has 2 aromatic carbocycles. The summed E-state index contributed by atoms with van der Waals surface area (Å²) in [5.41, 5.74) is 4.36. The topological polar surface area (TPSA) is 127 Å². The number of nitrogens with zero attached hydrogens (tertiary/aromatic N) is 4. The lowest BCUT2D eigenvalue weighted by Crippen LogP contribution is -2.30. The maximum Gasteiger partial charge on any atom is 0.329 e. The number of aromatic nitrogens is 4. The molecule has 182 valence electrons. The first-order chi connectivity index (χ1) is 16.7. The van der Waals surface area contributed by atoms with Crippen molar-refractivity contribution in [2.45, 2.75) is 26.5 Å². The Kier molecular flexibility index (Phi) is 7.04. The van der Waals surface area contributed by atoms with Crippen LogP contribution in [0.2, 0.25) is 5.02 Å². The van der Waals surface area contributed by atoms with Gasteiger partial charge in [0.1, 0.15) is 18.5 Å². The lowest BCUT2D eigenvalue weighted by atomic mass is 10.1. The highest BCUT2D eigenvalue weighted by Gasteiger charge is 2.20. The Morgan fingerprint density at radius 3 is 2.66 bits per heavy atom. The summed E-state index contributed by atoms with van der Waals surface area (Å²) in [5, 5.41) is 15.7. The second-order valence-electron chi connectivity index (χ2n) is 8.08. The van der Waals surface area contributed by atoms with Gasteiger partial charge in [-0.3, -0.25) is 14.3 Å². The number of aryl methyl sites for hydroxylation is 2. The maximum atomic E-state index is 12.7. The second-order valence-corrected chi connectivity index (χ2v) is 8.52. The number of nitrogens with one attached hydrogen (secondary N) is 2. The lowest BCUT2D eigenvalue weighted by molar-refractivity contribution is 0.0935. The number of hydrazone groups is 1. The third-order valence-corrected chi connectivity index (χ3v) is 5.76. The van der Waals surface area contributed by atoms with Crippen LogP contribution in [0.25, 0.3) is 11.2 Å². The molecule has 0 fully saturated rings. The van der Waals surface area contributed by atoms with E-state index in [9.17, 15) is 14.7 Å². The summed E-state index contributed by atoms with van der Waals surface area (Å²) in [5.74, 6) is 0.846. The highest BCUT2D eigenvalue weighted by molar-refractivity contribution is 6.30. The number of benzene rings is 2. The highest BCUT2D eigenvalue weighted by atomic mass is 35.5. The molecular formula is C24H25ClN6O4. The number of ether oxygens (including phenoxy) is 1. The third-order valence-electron chi connectivity index (χ3n) is 5.51. The maximum absolute atomic E-state index is 12.7. The smallest absolute Gasteiger partial charge is 0.329 e. The number of aliphatic hydroxyl groups excluding tert-OH is 1. The molecule has 0 saturated carbocycles. The summed E-state index contributed by atoms with van der Waals surface area (Å²) >= 11 is 5.96. The van der Waals surface area contributed by atoms with Crippen LogP contribution in [0.3, 0.4) is 0 Å². The second kappa shape index (κ2) is 10.2. The van der Waals surface area contributed by atoms with Gasteiger partial charge >= 0.3 is 5.69 Å². The average Bonchev–Trinajstić information content (AvgIpc) is 3.19. The van der Waals surface area contributed by atoms with E-state index in [2.05, 4.69) is 20.5 Å². The van der Waals surface area contributed by atoms with Crippen LogP contribution in [-0.4, -0.2) is 42.6 Å². The fourth-order valence-corrected chi connectivity index (χ4v) is 3.68. The molecule has 10 nitrogen and oxygen atoms in total. The minimum atomic E-state index is -0.981. The zero-order valence-electron chi connectivity index (χ0n) is 19.4. The van der Waals surface area contributed by atoms with E-state index in [0.29, 0.717) is 16.5 Å². The number of H-pyrrole nitrogens is 1. The van der Waals surface area contributed by atoms with Crippen LogP contribution in [0.4, 0.5) is 5.95 Å². The molecule has 11 heteroatoms. The van der Waals surface area contributed by atoms with E-state index < -0.39 is 17.4 Å². The van der Waals surface area contributed by atoms with Crippen molar-refractivity contribution in [3.05, 3.63) is 85.5 Å². The SMILES string of the molecule is C/C(=N\Nc1nc2c(c(=O)[nH]c(=O)n2C)n1C[C@@H](O)COc1ccccc1C)c1ccc(Cl)cc1. The Morgan fingerprint density at radius 2 is 1.94 bits per heavy atom. The number of hydrogen-bond donors (Lipinski definition) is 3. The Hall–Kier alpha value is -3.89. The first kappa shape index (κ1) is 24.2. The van der Waals surface area contributed by atoms with Crippen molar-refractivity contribution in [1.29, 1.82) is 0 Å². The summed E-state index contributed by atoms with van der Waals surface area (Å²) in [7, 11) is 1.50. The van der Waals surface area contributed by atoms with Gasteiger partial charge in [0.25, 0.3) is 5.56 Å². The largest absolute Gasteiger partial charge is 0.491 e. The van der Waals surface area contributed by atoms with Crippen molar-refractivity contribution in [3.8, 4) is 5.75 Å². The predicted octanol–water partition coefficient (Wildman–Crippen LogP) is 2.66. The molecule has 4 rings (SSSR count). The average molecular weight is 497 g/mol. The van der Waals surface area contributed by atoms with E-state index in [0.717, 1.165) is 11.1 Å². The van der Waals surface area contributed by atoms with Crippen LogP contribution < -0.4 is 21.4 Å². The van der Waals surface area contributed by atoms with Crippen LogP contribution in [0.5, 0.6) is 5.75 Å². The predicted molar refractivity (Wildman–Crippen MR) is 136 cm³/mol. The lowest BCUT2D eigenvalue weighted by Gasteiger charge is -2.16. The van der Waals surface area contributed by atoms with E-state index in [1.165, 1.54) is 16.2 Å².